The van der Waals surface area contributed by atoms with Gasteiger partial charge in [-0.3, -0.25) is 9.59 Å². The van der Waals surface area contributed by atoms with Gasteiger partial charge in [-0.05, 0) is 12.8 Å². The van der Waals surface area contributed by atoms with Gasteiger partial charge in [-0.1, -0.05) is 32.6 Å². The van der Waals surface area contributed by atoms with E-state index in [0.717, 1.165) is 25.7 Å². The molecule has 0 bridgehead atoms. The zero-order chi connectivity index (χ0) is 14.3. The molecule has 1 fully saturated rings. The molecule has 1 aliphatic heterocycles. The number of nitrogens with two attached hydrogens (primary N) is 1. The molecular weight excluding hydrogens is 250 g/mol. The predicted molar refractivity (Wildman–Crippen MR) is 67.7 cm³/mol. The van der Waals surface area contributed by atoms with Crippen molar-refractivity contribution in [2.24, 2.45) is 5.73 Å². The molecule has 6 heteroatoms. The van der Waals surface area contributed by atoms with Gasteiger partial charge in [0.1, 0.15) is 6.04 Å². The Balaban J connectivity index is 2.49. The lowest BCUT2D eigenvalue weighted by atomic mass is 10.1. The van der Waals surface area contributed by atoms with Crippen molar-refractivity contribution in [3.05, 3.63) is 0 Å². The van der Waals surface area contributed by atoms with E-state index in [-0.39, 0.29) is 19.3 Å². The molecule has 0 aliphatic carbocycles. The maximum atomic E-state index is 11.5. The summed E-state index contributed by atoms with van der Waals surface area (Å²) in [7, 11) is 0. The summed E-state index contributed by atoms with van der Waals surface area (Å²) >= 11 is 0. The van der Waals surface area contributed by atoms with Gasteiger partial charge in [-0.25, -0.2) is 0 Å². The van der Waals surface area contributed by atoms with E-state index in [1.807, 2.05) is 0 Å². The Labute approximate surface area is 113 Å². The Kier molecular flexibility index (Phi) is 6.24. The summed E-state index contributed by atoms with van der Waals surface area (Å²) in [5.74, 6) is -3.49. The number of hydrogen-bond donors (Lipinski definition) is 2. The number of rotatable bonds is 6. The molecule has 1 saturated heterocycles. The zero-order valence-corrected chi connectivity index (χ0v) is 11.4. The molecule has 0 aromatic rings. The maximum absolute atomic E-state index is 11.5. The van der Waals surface area contributed by atoms with Gasteiger partial charge in [-0.2, -0.15) is 0 Å². The van der Waals surface area contributed by atoms with E-state index in [0.29, 0.717) is 6.42 Å². The molecular formula is C13H23NO5. The first-order valence-corrected chi connectivity index (χ1v) is 6.89. The minimum absolute atomic E-state index is 0.00834. The summed E-state index contributed by atoms with van der Waals surface area (Å²) in [6.07, 6.45) is 5.03. The number of carbonyl (C=O) groups is 2. The van der Waals surface area contributed by atoms with Crippen molar-refractivity contribution in [2.75, 3.05) is 0 Å². The molecule has 1 unspecified atom stereocenters. The lowest BCUT2D eigenvalue weighted by Crippen LogP contribution is -2.47. The number of hydrogen-bond acceptors (Lipinski definition) is 6. The molecule has 6 nitrogen and oxygen atoms in total. The first-order valence-electron chi connectivity index (χ1n) is 6.89. The molecule has 0 spiro atoms. The Bertz CT molecular complexity index is 320. The highest BCUT2D eigenvalue weighted by Crippen LogP contribution is 2.23. The van der Waals surface area contributed by atoms with Crippen LogP contribution in [-0.4, -0.2) is 29.1 Å². The zero-order valence-electron chi connectivity index (χ0n) is 11.4. The van der Waals surface area contributed by atoms with Crippen LogP contribution in [0.2, 0.25) is 0 Å². The summed E-state index contributed by atoms with van der Waals surface area (Å²) < 4.78 is 9.64. The fraction of sp³-hybridized carbons (Fsp3) is 0.846. The maximum Gasteiger partial charge on any atom is 0.373 e. The van der Waals surface area contributed by atoms with E-state index in [9.17, 15) is 14.7 Å². The molecule has 0 aromatic heterocycles. The van der Waals surface area contributed by atoms with Crippen LogP contribution in [0.15, 0.2) is 0 Å². The third kappa shape index (κ3) is 5.57. The van der Waals surface area contributed by atoms with Gasteiger partial charge in [0.05, 0.1) is 6.42 Å². The van der Waals surface area contributed by atoms with E-state index < -0.39 is 24.0 Å². The van der Waals surface area contributed by atoms with Gasteiger partial charge >= 0.3 is 17.9 Å². The number of cyclic esters (lactones) is 2. The third-order valence-corrected chi connectivity index (χ3v) is 3.09. The van der Waals surface area contributed by atoms with Gasteiger partial charge in [0.25, 0.3) is 0 Å². The standard InChI is InChI=1S/C13H23NO5/c1-2-3-4-5-6-9-13(17)18-11(15)8-7-10(14)12(16)19-13/h10,17H,2-9,14H2,1H3/t10-,13?/m1/s1. The molecule has 1 heterocycles. The largest absolute Gasteiger partial charge is 0.398 e. The molecule has 0 radical (unpaired) electrons. The normalized spacial score (nSPS) is 28.3. The second-order valence-corrected chi connectivity index (χ2v) is 4.92. The first-order chi connectivity index (χ1) is 8.97. The average molecular weight is 273 g/mol. The van der Waals surface area contributed by atoms with Crippen LogP contribution in [0.5, 0.6) is 0 Å². The lowest BCUT2D eigenvalue weighted by Gasteiger charge is -2.30. The minimum atomic E-state index is -2.15. The second-order valence-electron chi connectivity index (χ2n) is 4.92. The van der Waals surface area contributed by atoms with Crippen molar-refractivity contribution in [3.63, 3.8) is 0 Å². The van der Waals surface area contributed by atoms with Crippen LogP contribution in [0.3, 0.4) is 0 Å². The topological polar surface area (TPSA) is 98.9 Å². The van der Waals surface area contributed by atoms with Gasteiger partial charge in [-0.15, -0.1) is 0 Å². The molecule has 0 saturated carbocycles. The van der Waals surface area contributed by atoms with Crippen LogP contribution in [0.25, 0.3) is 0 Å². The van der Waals surface area contributed by atoms with Crippen molar-refractivity contribution in [1.82, 2.24) is 0 Å². The van der Waals surface area contributed by atoms with Crippen molar-refractivity contribution >= 4 is 11.9 Å². The Morgan fingerprint density at radius 3 is 2.63 bits per heavy atom. The number of carbonyl (C=O) groups excluding carboxylic acids is 2. The van der Waals surface area contributed by atoms with Crippen LogP contribution in [0, 0.1) is 0 Å². The van der Waals surface area contributed by atoms with Crippen LogP contribution in [0.4, 0.5) is 0 Å². The highest BCUT2D eigenvalue weighted by molar-refractivity contribution is 5.78. The number of aliphatic hydroxyl groups is 1. The highest BCUT2D eigenvalue weighted by atomic mass is 16.8. The molecule has 3 N–H and O–H groups in total. The molecule has 19 heavy (non-hydrogen) atoms. The third-order valence-electron chi connectivity index (χ3n) is 3.09. The van der Waals surface area contributed by atoms with Crippen molar-refractivity contribution in [3.8, 4) is 0 Å². The number of unbranched alkanes of at least 4 members (excludes halogenated alkanes) is 4. The van der Waals surface area contributed by atoms with Gasteiger partial charge in [0, 0.05) is 6.42 Å². The van der Waals surface area contributed by atoms with Crippen LogP contribution >= 0.6 is 0 Å². The fourth-order valence-corrected chi connectivity index (χ4v) is 1.93. The monoisotopic (exact) mass is 273 g/mol. The number of esters is 2. The fourth-order valence-electron chi connectivity index (χ4n) is 1.93. The molecule has 0 aromatic carbocycles. The molecule has 2 atom stereocenters. The van der Waals surface area contributed by atoms with Crippen LogP contribution in [-0.2, 0) is 19.1 Å². The minimum Gasteiger partial charge on any atom is -0.398 e. The average Bonchev–Trinajstić information content (AvgIpc) is 2.34. The van der Waals surface area contributed by atoms with Crippen molar-refractivity contribution in [2.45, 2.75) is 70.3 Å². The van der Waals surface area contributed by atoms with Crippen LogP contribution < -0.4 is 5.73 Å². The van der Waals surface area contributed by atoms with Crippen LogP contribution in [0.1, 0.15) is 58.3 Å². The molecule has 1 aliphatic rings. The second kappa shape index (κ2) is 7.45. The van der Waals surface area contributed by atoms with E-state index in [4.69, 9.17) is 15.2 Å². The predicted octanol–water partition coefficient (Wildman–Crippen LogP) is 1.20. The van der Waals surface area contributed by atoms with E-state index in [1.165, 1.54) is 0 Å². The molecule has 1 rings (SSSR count). The smallest absolute Gasteiger partial charge is 0.373 e. The number of ether oxygens (including phenoxy) is 2. The summed E-state index contributed by atoms with van der Waals surface area (Å²) in [6, 6.07) is -0.889. The molecule has 0 amide bonds. The lowest BCUT2D eigenvalue weighted by molar-refractivity contribution is -0.330. The van der Waals surface area contributed by atoms with Crippen molar-refractivity contribution in [1.29, 1.82) is 0 Å². The first kappa shape index (κ1) is 15.9. The summed E-state index contributed by atoms with van der Waals surface area (Å²) in [6.45, 7) is 2.10. The Hall–Kier alpha value is -1.14. The van der Waals surface area contributed by atoms with Gasteiger partial charge in [0.2, 0.25) is 0 Å². The van der Waals surface area contributed by atoms with Gasteiger partial charge in [0.15, 0.2) is 0 Å². The summed E-state index contributed by atoms with van der Waals surface area (Å²) in [5, 5.41) is 10.0. The van der Waals surface area contributed by atoms with E-state index in [1.54, 1.807) is 0 Å². The van der Waals surface area contributed by atoms with E-state index >= 15 is 0 Å². The van der Waals surface area contributed by atoms with Crippen molar-refractivity contribution < 1.29 is 24.2 Å². The van der Waals surface area contributed by atoms with Gasteiger partial charge < -0.3 is 20.3 Å². The summed E-state index contributed by atoms with van der Waals surface area (Å²) in [5.41, 5.74) is 5.53. The molecule has 110 valence electrons. The SMILES string of the molecule is CCCCCCCC1(O)OC(=O)CC[C@@H](N)C(=O)O1. The Morgan fingerprint density at radius 2 is 1.95 bits per heavy atom. The van der Waals surface area contributed by atoms with E-state index in [2.05, 4.69) is 6.92 Å². The Morgan fingerprint density at radius 1 is 1.26 bits per heavy atom. The summed E-state index contributed by atoms with van der Waals surface area (Å²) in [4.78, 5) is 22.9. The quantitative estimate of drug-likeness (QED) is 0.557. The highest BCUT2D eigenvalue weighted by Gasteiger charge is 2.39.